The molecule has 2 N–H and O–H groups in total. The molecule has 0 aromatic heterocycles. The Kier molecular flexibility index (Phi) is 7.74. The van der Waals surface area contributed by atoms with E-state index in [0.717, 1.165) is 22.5 Å². The van der Waals surface area contributed by atoms with E-state index in [0.29, 0.717) is 0 Å². The van der Waals surface area contributed by atoms with Gasteiger partial charge in [-0.15, -0.1) is 0 Å². The van der Waals surface area contributed by atoms with E-state index in [2.05, 4.69) is 47.2 Å². The highest BCUT2D eigenvalue weighted by atomic mass is 16.4. The van der Waals surface area contributed by atoms with Crippen molar-refractivity contribution >= 4 is 23.6 Å². The predicted octanol–water partition coefficient (Wildman–Crippen LogP) is 2.77. The molecule has 0 spiro atoms. The summed E-state index contributed by atoms with van der Waals surface area (Å²) in [5, 5.41) is 10.5. The van der Waals surface area contributed by atoms with Crippen LogP contribution in [-0.4, -0.2) is 38.5 Å². The van der Waals surface area contributed by atoms with Crippen molar-refractivity contribution in [1.82, 2.24) is 0 Å². The number of carboxylic acids is 1. The van der Waals surface area contributed by atoms with Crippen molar-refractivity contribution in [3.63, 3.8) is 0 Å². The third-order valence-corrected chi connectivity index (χ3v) is 3.25. The molecule has 0 atom stereocenters. The molecule has 0 fully saturated rings. The molecule has 0 bridgehead atoms. The molecule has 0 aliphatic heterocycles. The lowest BCUT2D eigenvalue weighted by Gasteiger charge is -2.14. The molecule has 2 aromatic carbocycles. The summed E-state index contributed by atoms with van der Waals surface area (Å²) in [7, 11) is 5.99. The second-order valence-corrected chi connectivity index (χ2v) is 5.45. The van der Waals surface area contributed by atoms with Gasteiger partial charge < -0.3 is 15.3 Å². The van der Waals surface area contributed by atoms with Crippen LogP contribution in [0.3, 0.4) is 0 Å². The van der Waals surface area contributed by atoms with Gasteiger partial charge in [-0.05, 0) is 48.9 Å². The second kappa shape index (κ2) is 9.78. The fourth-order valence-corrected chi connectivity index (χ4v) is 2.00. The Morgan fingerprint density at radius 3 is 2.20 bits per heavy atom. The molecule has 0 aliphatic carbocycles. The van der Waals surface area contributed by atoms with E-state index < -0.39 is 5.97 Å². The van der Waals surface area contributed by atoms with Gasteiger partial charge in [-0.3, -0.25) is 4.79 Å². The standard InChI is InChI=1S/C18H20N2.C2H2O3/c1-14-5-12-18(20(3)4)16(13-14)9-6-15-7-10-17(19-2)11-8-15;3-1-2(4)5/h5,7-8,10-13,19H,1-4H3;1H,(H,4,5). The van der Waals surface area contributed by atoms with E-state index >= 15 is 0 Å². The van der Waals surface area contributed by atoms with Crippen LogP contribution < -0.4 is 10.2 Å². The first-order valence-corrected chi connectivity index (χ1v) is 7.63. The highest BCUT2D eigenvalue weighted by Gasteiger charge is 2.02. The number of aryl methyl sites for hydroxylation is 1. The largest absolute Gasteiger partial charge is 0.476 e. The number of carboxylic acid groups (broad SMARTS) is 1. The monoisotopic (exact) mass is 338 g/mol. The Hall–Kier alpha value is -3.26. The number of anilines is 2. The maximum Gasteiger partial charge on any atom is 0.368 e. The quantitative estimate of drug-likeness (QED) is 0.512. The molecule has 2 rings (SSSR count). The zero-order valence-corrected chi connectivity index (χ0v) is 14.8. The molecule has 0 saturated heterocycles. The Morgan fingerprint density at radius 2 is 1.72 bits per heavy atom. The van der Waals surface area contributed by atoms with Crippen LogP contribution >= 0.6 is 0 Å². The van der Waals surface area contributed by atoms with E-state index in [9.17, 15) is 0 Å². The number of nitrogens with zero attached hydrogens (tertiary/aromatic N) is 1. The third-order valence-electron chi connectivity index (χ3n) is 3.25. The number of nitrogens with one attached hydrogen (secondary N) is 1. The van der Waals surface area contributed by atoms with Gasteiger partial charge in [0.2, 0.25) is 6.29 Å². The summed E-state index contributed by atoms with van der Waals surface area (Å²) in [6.45, 7) is 2.09. The molecule has 130 valence electrons. The summed E-state index contributed by atoms with van der Waals surface area (Å²) in [6, 6.07) is 14.5. The van der Waals surface area contributed by atoms with Gasteiger partial charge in [-0.2, -0.15) is 0 Å². The maximum absolute atomic E-state index is 9.00. The first-order chi connectivity index (χ1) is 11.9. The van der Waals surface area contributed by atoms with Crippen LogP contribution in [0, 0.1) is 18.8 Å². The molecule has 0 radical (unpaired) electrons. The number of carbonyl (C=O) groups is 2. The van der Waals surface area contributed by atoms with Crippen molar-refractivity contribution in [2.45, 2.75) is 6.92 Å². The number of carbonyl (C=O) groups excluding carboxylic acids is 1. The lowest BCUT2D eigenvalue weighted by atomic mass is 10.1. The smallest absolute Gasteiger partial charge is 0.368 e. The van der Waals surface area contributed by atoms with E-state index in [1.165, 1.54) is 5.56 Å². The number of rotatable bonds is 3. The fourth-order valence-electron chi connectivity index (χ4n) is 2.00. The second-order valence-electron chi connectivity index (χ2n) is 5.45. The summed E-state index contributed by atoms with van der Waals surface area (Å²) < 4.78 is 0. The molecule has 5 nitrogen and oxygen atoms in total. The maximum atomic E-state index is 9.00. The average molecular weight is 338 g/mol. The Bertz CT molecular complexity index is 785. The molecule has 0 aliphatic rings. The third kappa shape index (κ3) is 6.80. The zero-order chi connectivity index (χ0) is 18.8. The fraction of sp³-hybridized carbons (Fsp3) is 0.200. The van der Waals surface area contributed by atoms with Crippen LogP contribution in [0.15, 0.2) is 42.5 Å². The van der Waals surface area contributed by atoms with Crippen LogP contribution in [0.1, 0.15) is 16.7 Å². The van der Waals surface area contributed by atoms with Crippen molar-refractivity contribution in [2.75, 3.05) is 31.4 Å². The Labute approximate surface area is 148 Å². The van der Waals surface area contributed by atoms with Gasteiger partial charge in [-0.1, -0.05) is 17.9 Å². The van der Waals surface area contributed by atoms with Gasteiger partial charge in [0.25, 0.3) is 0 Å². The zero-order valence-electron chi connectivity index (χ0n) is 14.8. The topological polar surface area (TPSA) is 69.6 Å². The summed E-state index contributed by atoms with van der Waals surface area (Å²) in [5.74, 6) is 5.08. The molecule has 2 aromatic rings. The van der Waals surface area contributed by atoms with Gasteiger partial charge in [0.1, 0.15) is 0 Å². The van der Waals surface area contributed by atoms with E-state index in [-0.39, 0.29) is 6.29 Å². The number of hydrogen-bond acceptors (Lipinski definition) is 4. The number of benzene rings is 2. The highest BCUT2D eigenvalue weighted by molar-refractivity contribution is 6.19. The first-order valence-electron chi connectivity index (χ1n) is 7.63. The average Bonchev–Trinajstić information content (AvgIpc) is 2.60. The lowest BCUT2D eigenvalue weighted by molar-refractivity contribution is -0.143. The molecule has 0 saturated carbocycles. The van der Waals surface area contributed by atoms with Crippen molar-refractivity contribution < 1.29 is 14.7 Å². The van der Waals surface area contributed by atoms with Crippen LogP contribution in [0.5, 0.6) is 0 Å². The number of hydrogen-bond donors (Lipinski definition) is 2. The minimum absolute atomic E-state index is 0.167. The van der Waals surface area contributed by atoms with Gasteiger partial charge in [0.05, 0.1) is 5.69 Å². The predicted molar refractivity (Wildman–Crippen MR) is 101 cm³/mol. The number of aliphatic carboxylic acids is 1. The van der Waals surface area contributed by atoms with Gasteiger partial charge in [0, 0.05) is 38.0 Å². The van der Waals surface area contributed by atoms with Gasteiger partial charge >= 0.3 is 5.97 Å². The van der Waals surface area contributed by atoms with Crippen molar-refractivity contribution in [3.05, 3.63) is 59.2 Å². The highest BCUT2D eigenvalue weighted by Crippen LogP contribution is 2.19. The molecule has 25 heavy (non-hydrogen) atoms. The van der Waals surface area contributed by atoms with Crippen molar-refractivity contribution in [3.8, 4) is 11.8 Å². The van der Waals surface area contributed by atoms with Crippen LogP contribution in [-0.2, 0) is 9.59 Å². The minimum atomic E-state index is -1.43. The lowest BCUT2D eigenvalue weighted by Crippen LogP contribution is -2.10. The molecular formula is C20H22N2O3. The van der Waals surface area contributed by atoms with Crippen LogP contribution in [0.2, 0.25) is 0 Å². The minimum Gasteiger partial charge on any atom is -0.476 e. The summed E-state index contributed by atoms with van der Waals surface area (Å²) in [5.41, 5.74) is 5.56. The normalized spacial score (nSPS) is 8.96. The van der Waals surface area contributed by atoms with Gasteiger partial charge in [0.15, 0.2) is 0 Å². The van der Waals surface area contributed by atoms with E-state index in [1.807, 2.05) is 45.4 Å². The van der Waals surface area contributed by atoms with Crippen molar-refractivity contribution in [1.29, 1.82) is 0 Å². The molecule has 5 heteroatoms. The molecule has 0 heterocycles. The van der Waals surface area contributed by atoms with Crippen LogP contribution in [0.4, 0.5) is 11.4 Å². The van der Waals surface area contributed by atoms with E-state index in [4.69, 9.17) is 14.7 Å². The van der Waals surface area contributed by atoms with Crippen LogP contribution in [0.25, 0.3) is 0 Å². The van der Waals surface area contributed by atoms with E-state index in [1.54, 1.807) is 0 Å². The Morgan fingerprint density at radius 1 is 1.12 bits per heavy atom. The molecular weight excluding hydrogens is 316 g/mol. The summed E-state index contributed by atoms with van der Waals surface area (Å²) in [4.78, 5) is 20.0. The summed E-state index contributed by atoms with van der Waals surface area (Å²) in [6.07, 6.45) is -0.167. The van der Waals surface area contributed by atoms with Crippen molar-refractivity contribution in [2.24, 2.45) is 0 Å². The molecule has 0 unspecified atom stereocenters. The summed E-state index contributed by atoms with van der Waals surface area (Å²) >= 11 is 0. The SMILES string of the molecule is CNc1ccc(C#Cc2cc(C)ccc2N(C)C)cc1.O=CC(=O)O. The van der Waals surface area contributed by atoms with Gasteiger partial charge in [-0.25, -0.2) is 4.79 Å². The molecule has 0 amide bonds. The first kappa shape index (κ1) is 19.8. The Balaban J connectivity index is 0.000000550. The number of aldehydes is 1.